The lowest BCUT2D eigenvalue weighted by Gasteiger charge is -2.29. The van der Waals surface area contributed by atoms with Gasteiger partial charge >= 0.3 is 0 Å². The van der Waals surface area contributed by atoms with Crippen LogP contribution in [0.5, 0.6) is 0 Å². The maximum atomic E-state index is 13.6. The summed E-state index contributed by atoms with van der Waals surface area (Å²) in [7, 11) is 0. The Morgan fingerprint density at radius 2 is 2.23 bits per heavy atom. The number of hydrogen-bond acceptors (Lipinski definition) is 3. The fraction of sp³-hybridized carbons (Fsp3) is 0.353. The van der Waals surface area contributed by atoms with Crippen molar-refractivity contribution in [1.82, 2.24) is 10.2 Å². The number of nitrogens with one attached hydrogen (secondary N) is 1. The molecular weight excluding hydrogens is 299 g/mol. The van der Waals surface area contributed by atoms with Crippen molar-refractivity contribution in [2.24, 2.45) is 0 Å². The summed E-state index contributed by atoms with van der Waals surface area (Å²) < 4.78 is 13.6. The van der Waals surface area contributed by atoms with Gasteiger partial charge in [-0.15, -0.1) is 11.3 Å². The molecule has 0 bridgehead atoms. The zero-order valence-electron chi connectivity index (χ0n) is 12.5. The molecule has 1 aromatic carbocycles. The van der Waals surface area contributed by atoms with Crippen LogP contribution < -0.4 is 5.32 Å². The summed E-state index contributed by atoms with van der Waals surface area (Å²) >= 11 is 1.77. The summed E-state index contributed by atoms with van der Waals surface area (Å²) in [5.41, 5.74) is 0.866. The number of amides is 1. The smallest absolute Gasteiger partial charge is 0.221 e. The maximum absolute atomic E-state index is 13.6. The molecule has 3 nitrogen and oxygen atoms in total. The van der Waals surface area contributed by atoms with E-state index in [4.69, 9.17) is 0 Å². The Morgan fingerprint density at radius 3 is 2.95 bits per heavy atom. The van der Waals surface area contributed by atoms with E-state index in [1.807, 2.05) is 6.07 Å². The number of nitrogens with zero attached hydrogens (tertiary/aromatic N) is 1. The highest BCUT2D eigenvalue weighted by atomic mass is 32.1. The van der Waals surface area contributed by atoms with Gasteiger partial charge in [0.15, 0.2) is 0 Å². The standard InChI is InChI=1S/C17H19FN2OS/c1-12-5-6-15(22-12)11-20-8-7-19-17(21)10-16(20)13-3-2-4-14(18)9-13/h2-6,9,16H,7-8,10-11H2,1H3,(H,19,21). The van der Waals surface area contributed by atoms with Crippen LogP contribution in [0.3, 0.4) is 0 Å². The molecule has 1 aliphatic heterocycles. The lowest BCUT2D eigenvalue weighted by molar-refractivity contribution is -0.121. The number of benzene rings is 1. The second kappa shape index (κ2) is 6.58. The Bertz CT molecular complexity index is 670. The van der Waals surface area contributed by atoms with Crippen molar-refractivity contribution in [3.8, 4) is 0 Å². The molecule has 1 saturated heterocycles. The van der Waals surface area contributed by atoms with Crippen LogP contribution in [0.1, 0.15) is 27.8 Å². The second-order valence-electron chi connectivity index (χ2n) is 5.61. The van der Waals surface area contributed by atoms with Crippen LogP contribution in [0.2, 0.25) is 0 Å². The fourth-order valence-corrected chi connectivity index (χ4v) is 3.79. The van der Waals surface area contributed by atoms with E-state index in [0.29, 0.717) is 13.0 Å². The summed E-state index contributed by atoms with van der Waals surface area (Å²) in [6, 6.07) is 10.7. The Labute approximate surface area is 133 Å². The van der Waals surface area contributed by atoms with Gasteiger partial charge in [0, 0.05) is 41.9 Å². The summed E-state index contributed by atoms with van der Waals surface area (Å²) in [5, 5.41) is 2.91. The number of thiophene rings is 1. The van der Waals surface area contributed by atoms with E-state index >= 15 is 0 Å². The lowest BCUT2D eigenvalue weighted by atomic mass is 10.0. The van der Waals surface area contributed by atoms with Gasteiger partial charge in [0.2, 0.25) is 5.91 Å². The first kappa shape index (κ1) is 15.2. The molecule has 1 fully saturated rings. The molecule has 1 unspecified atom stereocenters. The summed E-state index contributed by atoms with van der Waals surface area (Å²) in [6.45, 7) is 4.28. The van der Waals surface area contributed by atoms with Gasteiger partial charge in [-0.25, -0.2) is 4.39 Å². The van der Waals surface area contributed by atoms with Crippen molar-refractivity contribution in [1.29, 1.82) is 0 Å². The molecule has 1 aromatic heterocycles. The van der Waals surface area contributed by atoms with Crippen molar-refractivity contribution in [3.05, 3.63) is 57.5 Å². The minimum Gasteiger partial charge on any atom is -0.355 e. The molecule has 0 saturated carbocycles. The van der Waals surface area contributed by atoms with Gasteiger partial charge < -0.3 is 5.32 Å². The second-order valence-corrected chi connectivity index (χ2v) is 6.98. The average Bonchev–Trinajstić information content (AvgIpc) is 2.79. The Hall–Kier alpha value is -1.72. The Balaban J connectivity index is 1.87. The highest BCUT2D eigenvalue weighted by Crippen LogP contribution is 2.29. The minimum absolute atomic E-state index is 0.0270. The van der Waals surface area contributed by atoms with Crippen LogP contribution >= 0.6 is 11.3 Å². The minimum atomic E-state index is -0.255. The maximum Gasteiger partial charge on any atom is 0.221 e. The van der Waals surface area contributed by atoms with E-state index in [1.165, 1.54) is 21.9 Å². The van der Waals surface area contributed by atoms with Crippen LogP contribution in [-0.2, 0) is 11.3 Å². The van der Waals surface area contributed by atoms with Gasteiger partial charge in [-0.05, 0) is 36.8 Å². The zero-order chi connectivity index (χ0) is 15.5. The zero-order valence-corrected chi connectivity index (χ0v) is 13.3. The Kier molecular flexibility index (Phi) is 4.55. The highest BCUT2D eigenvalue weighted by Gasteiger charge is 2.26. The molecule has 1 amide bonds. The predicted molar refractivity (Wildman–Crippen MR) is 86.2 cm³/mol. The van der Waals surface area contributed by atoms with Gasteiger partial charge in [0.25, 0.3) is 0 Å². The quantitative estimate of drug-likeness (QED) is 0.942. The number of aryl methyl sites for hydroxylation is 1. The predicted octanol–water partition coefficient (Wildman–Crippen LogP) is 3.26. The summed E-state index contributed by atoms with van der Waals surface area (Å²) in [4.78, 5) is 16.7. The number of carbonyl (C=O) groups is 1. The van der Waals surface area contributed by atoms with Gasteiger partial charge in [0.1, 0.15) is 5.82 Å². The van der Waals surface area contributed by atoms with Crippen LogP contribution in [0.25, 0.3) is 0 Å². The molecule has 22 heavy (non-hydrogen) atoms. The molecule has 2 heterocycles. The highest BCUT2D eigenvalue weighted by molar-refractivity contribution is 7.11. The topological polar surface area (TPSA) is 32.3 Å². The van der Waals surface area contributed by atoms with E-state index in [-0.39, 0.29) is 17.8 Å². The first-order valence-corrected chi connectivity index (χ1v) is 8.25. The largest absolute Gasteiger partial charge is 0.355 e. The van der Waals surface area contributed by atoms with Crippen molar-refractivity contribution in [3.63, 3.8) is 0 Å². The van der Waals surface area contributed by atoms with Gasteiger partial charge in [-0.1, -0.05) is 12.1 Å². The summed E-state index contributed by atoms with van der Waals surface area (Å²) in [5.74, 6) is -0.229. The number of rotatable bonds is 3. The SMILES string of the molecule is Cc1ccc(CN2CCNC(=O)CC2c2cccc(F)c2)s1. The third-order valence-electron chi connectivity index (χ3n) is 3.93. The van der Waals surface area contributed by atoms with Gasteiger partial charge in [-0.2, -0.15) is 0 Å². The molecule has 1 aliphatic rings. The van der Waals surface area contributed by atoms with Gasteiger partial charge in [0.05, 0.1) is 0 Å². The molecule has 0 aliphatic carbocycles. The molecule has 0 spiro atoms. The van der Waals surface area contributed by atoms with E-state index < -0.39 is 0 Å². The van der Waals surface area contributed by atoms with E-state index in [9.17, 15) is 9.18 Å². The van der Waals surface area contributed by atoms with E-state index in [2.05, 4.69) is 29.3 Å². The van der Waals surface area contributed by atoms with E-state index in [1.54, 1.807) is 17.4 Å². The molecule has 116 valence electrons. The average molecular weight is 318 g/mol. The monoisotopic (exact) mass is 318 g/mol. The number of carbonyl (C=O) groups excluding carboxylic acids is 1. The molecule has 1 N–H and O–H groups in total. The van der Waals surface area contributed by atoms with Crippen molar-refractivity contribution < 1.29 is 9.18 Å². The molecule has 0 radical (unpaired) electrons. The lowest BCUT2D eigenvalue weighted by Crippen LogP contribution is -2.30. The summed E-state index contributed by atoms with van der Waals surface area (Å²) in [6.07, 6.45) is 0.369. The van der Waals surface area contributed by atoms with E-state index in [0.717, 1.165) is 18.7 Å². The molecule has 1 atom stereocenters. The fourth-order valence-electron chi connectivity index (χ4n) is 2.87. The third-order valence-corrected chi connectivity index (χ3v) is 4.91. The van der Waals surface area contributed by atoms with Crippen LogP contribution in [0, 0.1) is 12.7 Å². The normalized spacial score (nSPS) is 19.7. The van der Waals surface area contributed by atoms with Crippen LogP contribution in [0.15, 0.2) is 36.4 Å². The third kappa shape index (κ3) is 3.54. The molecule has 5 heteroatoms. The van der Waals surface area contributed by atoms with Crippen molar-refractivity contribution >= 4 is 17.2 Å². The Morgan fingerprint density at radius 1 is 1.36 bits per heavy atom. The molecule has 3 rings (SSSR count). The van der Waals surface area contributed by atoms with Crippen LogP contribution in [-0.4, -0.2) is 23.9 Å². The van der Waals surface area contributed by atoms with Crippen molar-refractivity contribution in [2.75, 3.05) is 13.1 Å². The van der Waals surface area contributed by atoms with Gasteiger partial charge in [-0.3, -0.25) is 9.69 Å². The van der Waals surface area contributed by atoms with Crippen molar-refractivity contribution in [2.45, 2.75) is 25.9 Å². The number of hydrogen-bond donors (Lipinski definition) is 1. The van der Waals surface area contributed by atoms with Crippen LogP contribution in [0.4, 0.5) is 4.39 Å². The first-order valence-electron chi connectivity index (χ1n) is 7.43. The number of halogens is 1. The molecular formula is C17H19FN2OS. The molecule has 2 aromatic rings. The first-order chi connectivity index (χ1) is 10.6.